The predicted molar refractivity (Wildman–Crippen MR) is 84.6 cm³/mol. The van der Waals surface area contributed by atoms with Gasteiger partial charge in [-0.25, -0.2) is 0 Å². The lowest BCUT2D eigenvalue weighted by molar-refractivity contribution is -0.134. The summed E-state index contributed by atoms with van der Waals surface area (Å²) < 4.78 is 5.59. The third-order valence-electron chi connectivity index (χ3n) is 4.21. The Bertz CT molecular complexity index is 899. The number of benzene rings is 1. The van der Waals surface area contributed by atoms with Crippen LogP contribution in [0.2, 0.25) is 0 Å². The number of hydrogen-bond acceptors (Lipinski definition) is 4. The molecule has 4 rings (SSSR count). The number of furan rings is 1. The van der Waals surface area contributed by atoms with Gasteiger partial charge in [-0.15, -0.1) is 0 Å². The van der Waals surface area contributed by atoms with E-state index in [0.717, 1.165) is 27.7 Å². The van der Waals surface area contributed by atoms with Crippen molar-refractivity contribution >= 4 is 22.8 Å². The van der Waals surface area contributed by atoms with E-state index in [9.17, 15) is 9.59 Å². The zero-order chi connectivity index (χ0) is 15.8. The molecule has 5 nitrogen and oxygen atoms in total. The Labute approximate surface area is 132 Å². The summed E-state index contributed by atoms with van der Waals surface area (Å²) in [6.07, 6.45) is 6.02. The number of carbonyl (C=O) groups excluding carboxylic acids is 2. The molecule has 0 bridgehead atoms. The first-order chi connectivity index (χ1) is 11.2. The van der Waals surface area contributed by atoms with Crippen LogP contribution in [0.15, 0.2) is 53.4 Å². The first kappa shape index (κ1) is 13.7. The second-order valence-electron chi connectivity index (χ2n) is 5.65. The van der Waals surface area contributed by atoms with Crippen LogP contribution < -0.4 is 5.32 Å². The van der Waals surface area contributed by atoms with Crippen molar-refractivity contribution in [2.45, 2.75) is 18.8 Å². The van der Waals surface area contributed by atoms with Crippen LogP contribution in [0.5, 0.6) is 0 Å². The van der Waals surface area contributed by atoms with E-state index < -0.39 is 0 Å². The zero-order valence-corrected chi connectivity index (χ0v) is 12.3. The van der Waals surface area contributed by atoms with Gasteiger partial charge in [0.15, 0.2) is 0 Å². The number of carbonyl (C=O) groups is 2. The van der Waals surface area contributed by atoms with Gasteiger partial charge in [0.1, 0.15) is 5.58 Å². The second kappa shape index (κ2) is 5.35. The van der Waals surface area contributed by atoms with Gasteiger partial charge in [-0.1, -0.05) is 12.1 Å². The summed E-state index contributed by atoms with van der Waals surface area (Å²) >= 11 is 0. The molecule has 1 aromatic carbocycles. The number of amides is 2. The third-order valence-corrected chi connectivity index (χ3v) is 4.21. The van der Waals surface area contributed by atoms with E-state index in [4.69, 9.17) is 4.42 Å². The number of rotatable bonds is 2. The minimum Gasteiger partial charge on any atom is -0.464 e. The Morgan fingerprint density at radius 2 is 2.09 bits per heavy atom. The normalized spacial score (nSPS) is 18.2. The molecule has 0 spiro atoms. The largest absolute Gasteiger partial charge is 0.464 e. The Morgan fingerprint density at radius 3 is 2.87 bits per heavy atom. The summed E-state index contributed by atoms with van der Waals surface area (Å²) in [4.78, 5) is 27.6. The second-order valence-corrected chi connectivity index (χ2v) is 5.65. The number of pyridine rings is 1. The number of piperidine rings is 1. The molecule has 3 aromatic rings. The molecule has 1 aliphatic heterocycles. The molecular formula is C18H14N2O3. The van der Waals surface area contributed by atoms with Crippen molar-refractivity contribution in [1.82, 2.24) is 10.3 Å². The summed E-state index contributed by atoms with van der Waals surface area (Å²) in [6, 6.07) is 9.74. The van der Waals surface area contributed by atoms with E-state index in [-0.39, 0.29) is 17.7 Å². The van der Waals surface area contributed by atoms with Crippen molar-refractivity contribution < 1.29 is 14.0 Å². The summed E-state index contributed by atoms with van der Waals surface area (Å²) in [5.41, 5.74) is 3.58. The Balaban J connectivity index is 1.79. The van der Waals surface area contributed by atoms with Crippen molar-refractivity contribution in [2.24, 2.45) is 0 Å². The van der Waals surface area contributed by atoms with Gasteiger partial charge in [0.05, 0.1) is 12.2 Å². The molecule has 1 N–H and O–H groups in total. The minimum atomic E-state index is -0.349. The first-order valence-corrected chi connectivity index (χ1v) is 7.47. The van der Waals surface area contributed by atoms with Crippen LogP contribution in [0.3, 0.4) is 0 Å². The standard InChI is InChI=1S/C18H14N2O3/c21-17-6-4-13(18(22)20-17)15-10-23-16-5-3-11(8-14(15)16)12-2-1-7-19-9-12/h1-3,5,7-10,13H,4,6H2,(H,20,21,22). The zero-order valence-electron chi connectivity index (χ0n) is 12.3. The van der Waals surface area contributed by atoms with E-state index in [0.29, 0.717) is 12.8 Å². The number of hydrogen-bond donors (Lipinski definition) is 1. The summed E-state index contributed by atoms with van der Waals surface area (Å²) in [6.45, 7) is 0. The monoisotopic (exact) mass is 306 g/mol. The highest BCUT2D eigenvalue weighted by atomic mass is 16.3. The highest BCUT2D eigenvalue weighted by molar-refractivity contribution is 6.03. The van der Waals surface area contributed by atoms with Gasteiger partial charge in [-0.3, -0.25) is 19.9 Å². The number of fused-ring (bicyclic) bond motifs is 1. The van der Waals surface area contributed by atoms with Crippen LogP contribution >= 0.6 is 0 Å². The average molecular weight is 306 g/mol. The molecule has 5 heteroatoms. The molecule has 2 aromatic heterocycles. The number of nitrogens with zero attached hydrogens (tertiary/aromatic N) is 1. The Hall–Kier alpha value is -2.95. The molecular weight excluding hydrogens is 292 g/mol. The summed E-state index contributed by atoms with van der Waals surface area (Å²) in [7, 11) is 0. The lowest BCUT2D eigenvalue weighted by atomic mass is 9.89. The maximum absolute atomic E-state index is 12.1. The minimum absolute atomic E-state index is 0.213. The Morgan fingerprint density at radius 1 is 1.17 bits per heavy atom. The van der Waals surface area contributed by atoms with E-state index in [2.05, 4.69) is 10.3 Å². The molecule has 1 saturated heterocycles. The third kappa shape index (κ3) is 2.40. The lowest BCUT2D eigenvalue weighted by Gasteiger charge is -2.19. The van der Waals surface area contributed by atoms with Crippen molar-refractivity contribution in [3.05, 3.63) is 54.6 Å². The highest BCUT2D eigenvalue weighted by Crippen LogP contribution is 2.34. The predicted octanol–water partition coefficient (Wildman–Crippen LogP) is 3.02. The van der Waals surface area contributed by atoms with E-state index in [1.165, 1.54) is 0 Å². The van der Waals surface area contributed by atoms with Gasteiger partial charge in [0, 0.05) is 35.3 Å². The molecule has 23 heavy (non-hydrogen) atoms. The molecule has 114 valence electrons. The fourth-order valence-corrected chi connectivity index (χ4v) is 3.02. The summed E-state index contributed by atoms with van der Waals surface area (Å²) in [5, 5.41) is 3.30. The van der Waals surface area contributed by atoms with Crippen LogP contribution in [-0.2, 0) is 9.59 Å². The SMILES string of the molecule is O=C1CCC(c2coc3ccc(-c4cccnc4)cc23)C(=O)N1. The molecule has 2 amide bonds. The Kier molecular flexibility index (Phi) is 3.19. The maximum atomic E-state index is 12.1. The van der Waals surface area contributed by atoms with Gasteiger partial charge in [0.2, 0.25) is 11.8 Å². The van der Waals surface area contributed by atoms with Gasteiger partial charge in [-0.05, 0) is 30.2 Å². The van der Waals surface area contributed by atoms with Crippen molar-refractivity contribution in [1.29, 1.82) is 0 Å². The van der Waals surface area contributed by atoms with Crippen LogP contribution in [0.1, 0.15) is 24.3 Å². The molecule has 3 heterocycles. The fourth-order valence-electron chi connectivity index (χ4n) is 3.02. The van der Waals surface area contributed by atoms with E-state index >= 15 is 0 Å². The molecule has 0 saturated carbocycles. The molecule has 1 aliphatic rings. The lowest BCUT2D eigenvalue weighted by Crippen LogP contribution is -2.39. The van der Waals surface area contributed by atoms with Gasteiger partial charge in [-0.2, -0.15) is 0 Å². The number of nitrogens with one attached hydrogen (secondary N) is 1. The highest BCUT2D eigenvalue weighted by Gasteiger charge is 2.30. The van der Waals surface area contributed by atoms with Crippen molar-refractivity contribution in [2.75, 3.05) is 0 Å². The molecule has 1 atom stereocenters. The quantitative estimate of drug-likeness (QED) is 0.739. The van der Waals surface area contributed by atoms with Crippen molar-refractivity contribution in [3.8, 4) is 11.1 Å². The number of imide groups is 1. The molecule has 0 radical (unpaired) electrons. The van der Waals surface area contributed by atoms with Gasteiger partial charge < -0.3 is 4.42 Å². The van der Waals surface area contributed by atoms with E-state index in [1.54, 1.807) is 18.7 Å². The average Bonchev–Trinajstić information content (AvgIpc) is 2.99. The van der Waals surface area contributed by atoms with Gasteiger partial charge in [0.25, 0.3) is 0 Å². The van der Waals surface area contributed by atoms with Crippen molar-refractivity contribution in [3.63, 3.8) is 0 Å². The maximum Gasteiger partial charge on any atom is 0.234 e. The van der Waals surface area contributed by atoms with Crippen LogP contribution in [-0.4, -0.2) is 16.8 Å². The van der Waals surface area contributed by atoms with Crippen LogP contribution in [0.4, 0.5) is 0 Å². The van der Waals surface area contributed by atoms with Gasteiger partial charge >= 0.3 is 0 Å². The molecule has 1 unspecified atom stereocenters. The number of aromatic nitrogens is 1. The van der Waals surface area contributed by atoms with Crippen LogP contribution in [0.25, 0.3) is 22.1 Å². The topological polar surface area (TPSA) is 72.2 Å². The fraction of sp³-hybridized carbons (Fsp3) is 0.167. The first-order valence-electron chi connectivity index (χ1n) is 7.47. The van der Waals surface area contributed by atoms with Crippen LogP contribution in [0, 0.1) is 0 Å². The molecule has 1 fully saturated rings. The molecule has 0 aliphatic carbocycles. The summed E-state index contributed by atoms with van der Waals surface area (Å²) in [5.74, 6) is -0.816. The smallest absolute Gasteiger partial charge is 0.234 e. The van der Waals surface area contributed by atoms with E-state index in [1.807, 2.05) is 30.3 Å².